The van der Waals surface area contributed by atoms with Gasteiger partial charge in [0.15, 0.2) is 0 Å². The summed E-state index contributed by atoms with van der Waals surface area (Å²) < 4.78 is 42.8. The van der Waals surface area contributed by atoms with Gasteiger partial charge in [0.05, 0.1) is 0 Å². The molecule has 1 aliphatic heterocycles. The van der Waals surface area contributed by atoms with Crippen LogP contribution < -0.4 is 20.7 Å². The van der Waals surface area contributed by atoms with Gasteiger partial charge < -0.3 is 16.0 Å². The van der Waals surface area contributed by atoms with Crippen molar-refractivity contribution in [3.63, 3.8) is 0 Å². The van der Waals surface area contributed by atoms with E-state index in [4.69, 9.17) is 0 Å². The van der Waals surface area contributed by atoms with E-state index in [0.717, 1.165) is 6.07 Å². The van der Waals surface area contributed by atoms with Crippen LogP contribution >= 0.6 is 0 Å². The summed E-state index contributed by atoms with van der Waals surface area (Å²) in [5.41, 5.74) is 2.66. The van der Waals surface area contributed by atoms with E-state index in [1.807, 2.05) is 6.07 Å². The summed E-state index contributed by atoms with van der Waals surface area (Å²) in [6, 6.07) is 16.8. The number of halogens is 1. The number of nitrogens with one attached hydrogen (secondary N) is 4. The monoisotopic (exact) mass is 482 g/mol. The second-order valence-corrected chi connectivity index (χ2v) is 9.58. The number of anilines is 3. The number of hydrogen-bond acceptors (Lipinski definition) is 4. The lowest BCUT2D eigenvalue weighted by atomic mass is 10.0. The molecular formula is C24H23FN4O4S. The van der Waals surface area contributed by atoms with E-state index in [1.54, 1.807) is 55.5 Å². The number of amides is 3. The van der Waals surface area contributed by atoms with Gasteiger partial charge >= 0.3 is 6.03 Å². The van der Waals surface area contributed by atoms with Crippen LogP contribution in [-0.2, 0) is 21.2 Å². The van der Waals surface area contributed by atoms with E-state index < -0.39 is 32.8 Å². The predicted molar refractivity (Wildman–Crippen MR) is 128 cm³/mol. The van der Waals surface area contributed by atoms with E-state index in [2.05, 4.69) is 20.7 Å². The number of urea groups is 1. The number of sulfonamides is 1. The lowest BCUT2D eigenvalue weighted by molar-refractivity contribution is -0.116. The fourth-order valence-corrected chi connectivity index (χ4v) is 4.96. The molecule has 3 aromatic carbocycles. The Hall–Kier alpha value is -3.76. The van der Waals surface area contributed by atoms with Gasteiger partial charge in [0.25, 0.3) is 0 Å². The molecule has 3 amide bonds. The van der Waals surface area contributed by atoms with E-state index in [9.17, 15) is 22.4 Å². The summed E-state index contributed by atoms with van der Waals surface area (Å²) in [4.78, 5) is 23.2. The molecule has 10 heteroatoms. The first-order valence-electron chi connectivity index (χ1n) is 10.6. The number of rotatable bonds is 6. The highest BCUT2D eigenvalue weighted by Crippen LogP contribution is 2.29. The first-order chi connectivity index (χ1) is 16.2. The Morgan fingerprint density at radius 3 is 2.29 bits per heavy atom. The molecule has 0 fully saturated rings. The molecule has 0 aliphatic carbocycles. The Morgan fingerprint density at radius 2 is 1.62 bits per heavy atom. The van der Waals surface area contributed by atoms with Gasteiger partial charge in [-0.15, -0.1) is 0 Å². The minimum Gasteiger partial charge on any atom is -0.326 e. The fraction of sp³-hybridized carbons (Fsp3) is 0.167. The highest BCUT2D eigenvalue weighted by molar-refractivity contribution is 7.89. The molecule has 0 aromatic heterocycles. The Bertz CT molecular complexity index is 1330. The van der Waals surface area contributed by atoms with Gasteiger partial charge in [0, 0.05) is 29.5 Å². The van der Waals surface area contributed by atoms with Crippen molar-refractivity contribution in [3.8, 4) is 0 Å². The van der Waals surface area contributed by atoms with E-state index in [1.165, 1.54) is 6.07 Å². The number of aryl methyl sites for hydroxylation is 1. The number of hydrogen-bond donors (Lipinski definition) is 4. The zero-order chi connectivity index (χ0) is 24.3. The van der Waals surface area contributed by atoms with Crippen molar-refractivity contribution in [1.82, 2.24) is 4.72 Å². The van der Waals surface area contributed by atoms with Crippen LogP contribution in [0.25, 0.3) is 0 Å². The van der Waals surface area contributed by atoms with Crippen molar-refractivity contribution in [2.45, 2.75) is 30.7 Å². The highest BCUT2D eigenvalue weighted by Gasteiger charge is 2.26. The molecule has 34 heavy (non-hydrogen) atoms. The maximum atomic E-state index is 14.6. The summed E-state index contributed by atoms with van der Waals surface area (Å²) >= 11 is 0. The smallest absolute Gasteiger partial charge is 0.323 e. The molecule has 3 aromatic rings. The van der Waals surface area contributed by atoms with Gasteiger partial charge in [-0.05, 0) is 60.9 Å². The van der Waals surface area contributed by atoms with Crippen LogP contribution in [0.5, 0.6) is 0 Å². The summed E-state index contributed by atoms with van der Waals surface area (Å²) in [7, 11) is -4.17. The molecule has 176 valence electrons. The van der Waals surface area contributed by atoms with Crippen molar-refractivity contribution in [3.05, 3.63) is 83.7 Å². The van der Waals surface area contributed by atoms with Gasteiger partial charge in [-0.25, -0.2) is 22.3 Å². The molecule has 1 atom stereocenters. The second kappa shape index (κ2) is 9.62. The minimum atomic E-state index is -4.17. The Labute approximate surface area is 196 Å². The van der Waals surface area contributed by atoms with Crippen LogP contribution in [0, 0.1) is 5.82 Å². The lowest BCUT2D eigenvalue weighted by Gasteiger charge is -2.20. The molecule has 0 bridgehead atoms. The first kappa shape index (κ1) is 23.4. The van der Waals surface area contributed by atoms with Crippen molar-refractivity contribution in [2.24, 2.45) is 0 Å². The summed E-state index contributed by atoms with van der Waals surface area (Å²) in [6.07, 6.45) is 0.553. The molecule has 0 saturated heterocycles. The van der Waals surface area contributed by atoms with Gasteiger partial charge in [-0.1, -0.05) is 30.3 Å². The standard InChI is InChI=1S/C24H23FN4O4S/c1-15(16-7-10-19(11-8-16)27-24(31)26-18-5-3-2-4-6-18)29-34(32,33)22-13-17-9-12-23(30)28-21(17)14-20(22)25/h2-8,10-11,13-15,29H,9,12H2,1H3,(H,28,30)(H2,26,27,31). The van der Waals surface area contributed by atoms with Crippen LogP contribution in [-0.4, -0.2) is 20.4 Å². The zero-order valence-electron chi connectivity index (χ0n) is 18.3. The molecule has 1 aliphatic rings. The normalized spacial score (nSPS) is 14.0. The zero-order valence-corrected chi connectivity index (χ0v) is 19.1. The average molecular weight is 483 g/mol. The number of fused-ring (bicyclic) bond motifs is 1. The summed E-state index contributed by atoms with van der Waals surface area (Å²) in [6.45, 7) is 1.64. The molecule has 0 saturated carbocycles. The third-order valence-electron chi connectivity index (χ3n) is 5.37. The molecular weight excluding hydrogens is 459 g/mol. The van der Waals surface area contributed by atoms with Gasteiger partial charge in [-0.2, -0.15) is 0 Å². The molecule has 0 spiro atoms. The Morgan fingerprint density at radius 1 is 0.971 bits per heavy atom. The van der Waals surface area contributed by atoms with Crippen LogP contribution in [0.3, 0.4) is 0 Å². The van der Waals surface area contributed by atoms with Crippen LogP contribution in [0.2, 0.25) is 0 Å². The van der Waals surface area contributed by atoms with Crippen LogP contribution in [0.1, 0.15) is 30.5 Å². The largest absolute Gasteiger partial charge is 0.326 e. The predicted octanol–water partition coefficient (Wildman–Crippen LogP) is 4.39. The van der Waals surface area contributed by atoms with Crippen molar-refractivity contribution >= 4 is 39.0 Å². The molecule has 0 radical (unpaired) electrons. The molecule has 8 nitrogen and oxygen atoms in total. The average Bonchev–Trinajstić information content (AvgIpc) is 2.79. The van der Waals surface area contributed by atoms with E-state index in [-0.39, 0.29) is 12.3 Å². The molecule has 4 N–H and O–H groups in total. The SMILES string of the molecule is CC(NS(=O)(=O)c1cc2c(cc1F)NC(=O)CC2)c1ccc(NC(=O)Nc2ccccc2)cc1. The number of para-hydroxylation sites is 1. The summed E-state index contributed by atoms with van der Waals surface area (Å²) in [5, 5.41) is 7.96. The van der Waals surface area contributed by atoms with E-state index in [0.29, 0.717) is 34.6 Å². The Balaban J connectivity index is 1.42. The fourth-order valence-electron chi connectivity index (χ4n) is 3.62. The topological polar surface area (TPSA) is 116 Å². The number of carbonyl (C=O) groups is 2. The number of carbonyl (C=O) groups excluding carboxylic acids is 2. The molecule has 1 unspecified atom stereocenters. The quantitative estimate of drug-likeness (QED) is 0.417. The maximum Gasteiger partial charge on any atom is 0.323 e. The number of benzene rings is 3. The van der Waals surface area contributed by atoms with Gasteiger partial charge in [0.2, 0.25) is 15.9 Å². The van der Waals surface area contributed by atoms with E-state index >= 15 is 0 Å². The van der Waals surface area contributed by atoms with Gasteiger partial charge in [-0.3, -0.25) is 4.79 Å². The lowest BCUT2D eigenvalue weighted by Crippen LogP contribution is -2.28. The highest BCUT2D eigenvalue weighted by atomic mass is 32.2. The third-order valence-corrected chi connectivity index (χ3v) is 6.93. The molecule has 4 rings (SSSR count). The minimum absolute atomic E-state index is 0.214. The van der Waals surface area contributed by atoms with Crippen LogP contribution in [0.15, 0.2) is 71.6 Å². The van der Waals surface area contributed by atoms with Gasteiger partial charge in [0.1, 0.15) is 10.7 Å². The second-order valence-electron chi connectivity index (χ2n) is 7.90. The van der Waals surface area contributed by atoms with Crippen molar-refractivity contribution in [2.75, 3.05) is 16.0 Å². The van der Waals surface area contributed by atoms with Crippen LogP contribution in [0.4, 0.5) is 26.2 Å². The Kier molecular flexibility index (Phi) is 6.62. The van der Waals surface area contributed by atoms with Crippen molar-refractivity contribution in [1.29, 1.82) is 0 Å². The first-order valence-corrected chi connectivity index (χ1v) is 12.1. The third kappa shape index (κ3) is 5.41. The molecule has 1 heterocycles. The van der Waals surface area contributed by atoms with Crippen molar-refractivity contribution < 1.29 is 22.4 Å². The summed E-state index contributed by atoms with van der Waals surface area (Å²) in [5.74, 6) is -1.17. The maximum absolute atomic E-state index is 14.6.